The Morgan fingerprint density at radius 1 is 1.27 bits per heavy atom. The molecule has 158 valence electrons. The van der Waals surface area contributed by atoms with Crippen LogP contribution in [0.3, 0.4) is 0 Å². The van der Waals surface area contributed by atoms with Crippen molar-refractivity contribution in [2.45, 2.75) is 45.3 Å². The van der Waals surface area contributed by atoms with Gasteiger partial charge in [0.25, 0.3) is 0 Å². The van der Waals surface area contributed by atoms with Gasteiger partial charge in [-0.3, -0.25) is 4.40 Å². The molecule has 4 rings (SSSR count). The number of ether oxygens (including phenoxy) is 1. The van der Waals surface area contributed by atoms with E-state index in [4.69, 9.17) is 4.74 Å². The van der Waals surface area contributed by atoms with Crippen LogP contribution in [0.15, 0.2) is 36.8 Å². The van der Waals surface area contributed by atoms with Crippen molar-refractivity contribution in [3.05, 3.63) is 42.6 Å². The molecule has 1 fully saturated rings. The van der Waals surface area contributed by atoms with Crippen molar-refractivity contribution in [1.82, 2.24) is 24.3 Å². The van der Waals surface area contributed by atoms with E-state index in [0.717, 1.165) is 12.8 Å². The molecule has 0 radical (unpaired) electrons. The summed E-state index contributed by atoms with van der Waals surface area (Å²) in [5, 5.41) is 3.39. The summed E-state index contributed by atoms with van der Waals surface area (Å²) >= 11 is 0. The number of rotatable bonds is 3. The highest BCUT2D eigenvalue weighted by molar-refractivity contribution is 5.68. The molecule has 3 aromatic rings. The van der Waals surface area contributed by atoms with Gasteiger partial charge in [-0.05, 0) is 51.8 Å². The first-order chi connectivity index (χ1) is 14.3. The molecular weight excluding hydrogens is 387 g/mol. The molecule has 30 heavy (non-hydrogen) atoms. The Morgan fingerprint density at radius 2 is 2.10 bits per heavy atom. The molecule has 3 aromatic heterocycles. The lowest BCUT2D eigenvalue weighted by molar-refractivity contribution is 0.0206. The van der Waals surface area contributed by atoms with Crippen molar-refractivity contribution < 1.29 is 13.9 Å². The molecule has 1 N–H and O–H groups in total. The van der Waals surface area contributed by atoms with Gasteiger partial charge in [0.05, 0.1) is 6.20 Å². The Morgan fingerprint density at radius 3 is 2.90 bits per heavy atom. The summed E-state index contributed by atoms with van der Waals surface area (Å²) in [7, 11) is 0. The average molecular weight is 412 g/mol. The van der Waals surface area contributed by atoms with Gasteiger partial charge in [-0.25, -0.2) is 24.1 Å². The molecule has 1 saturated heterocycles. The molecule has 0 aromatic carbocycles. The van der Waals surface area contributed by atoms with Gasteiger partial charge in [0.15, 0.2) is 5.82 Å². The van der Waals surface area contributed by atoms with E-state index in [1.807, 2.05) is 20.8 Å². The highest BCUT2D eigenvalue weighted by Crippen LogP contribution is 2.21. The molecule has 1 aliphatic heterocycles. The lowest BCUT2D eigenvalue weighted by Crippen LogP contribution is -2.47. The maximum Gasteiger partial charge on any atom is 0.410 e. The Balaban J connectivity index is 1.49. The highest BCUT2D eigenvalue weighted by atomic mass is 19.1. The number of likely N-dealkylation sites (tertiary alicyclic amines) is 1. The molecule has 8 nitrogen and oxygen atoms in total. The van der Waals surface area contributed by atoms with Crippen LogP contribution in [0.2, 0.25) is 0 Å². The van der Waals surface area contributed by atoms with Crippen molar-refractivity contribution in [1.29, 1.82) is 0 Å². The van der Waals surface area contributed by atoms with Gasteiger partial charge in [0, 0.05) is 31.5 Å². The minimum atomic E-state index is -0.521. The summed E-state index contributed by atoms with van der Waals surface area (Å²) in [6.45, 7) is 6.79. The molecule has 9 heteroatoms. The fourth-order valence-electron chi connectivity index (χ4n) is 3.48. The topological polar surface area (TPSA) is 84.6 Å². The zero-order chi connectivity index (χ0) is 21.3. The third kappa shape index (κ3) is 4.50. The zero-order valence-electron chi connectivity index (χ0n) is 17.3. The Bertz CT molecular complexity index is 1060. The number of nitrogens with one attached hydrogen (secondary N) is 1. The van der Waals surface area contributed by atoms with Gasteiger partial charge < -0.3 is 15.0 Å². The van der Waals surface area contributed by atoms with Crippen LogP contribution >= 0.6 is 0 Å². The van der Waals surface area contributed by atoms with Crippen LogP contribution in [0.1, 0.15) is 33.6 Å². The number of piperidine rings is 1. The minimum Gasteiger partial charge on any atom is -0.444 e. The summed E-state index contributed by atoms with van der Waals surface area (Å²) in [6.07, 6.45) is 6.13. The van der Waals surface area contributed by atoms with Gasteiger partial charge in [-0.2, -0.15) is 0 Å². The first-order valence-corrected chi connectivity index (χ1v) is 9.99. The van der Waals surface area contributed by atoms with Crippen LogP contribution in [-0.2, 0) is 4.74 Å². The molecule has 1 amide bonds. The van der Waals surface area contributed by atoms with E-state index in [9.17, 15) is 9.18 Å². The van der Waals surface area contributed by atoms with E-state index in [-0.39, 0.29) is 18.0 Å². The number of anilines is 1. The number of halogens is 1. The van der Waals surface area contributed by atoms with Crippen LogP contribution < -0.4 is 5.32 Å². The summed E-state index contributed by atoms with van der Waals surface area (Å²) < 4.78 is 20.8. The van der Waals surface area contributed by atoms with Crippen molar-refractivity contribution in [2.24, 2.45) is 0 Å². The van der Waals surface area contributed by atoms with E-state index >= 15 is 0 Å². The zero-order valence-corrected chi connectivity index (χ0v) is 17.3. The molecule has 0 bridgehead atoms. The molecule has 0 unspecified atom stereocenters. The summed E-state index contributed by atoms with van der Waals surface area (Å²) in [4.78, 5) is 27.3. The third-order valence-corrected chi connectivity index (χ3v) is 4.78. The molecule has 0 aliphatic carbocycles. The number of hydrogen-bond acceptors (Lipinski definition) is 6. The third-order valence-electron chi connectivity index (χ3n) is 4.78. The smallest absolute Gasteiger partial charge is 0.410 e. The first kappa shape index (κ1) is 20.1. The number of hydrogen-bond donors (Lipinski definition) is 1. The summed E-state index contributed by atoms with van der Waals surface area (Å²) in [6, 6.07) is 4.80. The normalized spacial score (nSPS) is 17.2. The molecule has 1 aliphatic rings. The first-order valence-electron chi connectivity index (χ1n) is 9.99. The fourth-order valence-corrected chi connectivity index (χ4v) is 3.48. The lowest BCUT2D eigenvalue weighted by Gasteiger charge is -2.34. The molecular formula is C21H25FN6O2. The van der Waals surface area contributed by atoms with Crippen LogP contribution in [-0.4, -0.2) is 55.1 Å². The number of carbonyl (C=O) groups is 1. The number of carbonyl (C=O) groups excluding carboxylic acids is 1. The van der Waals surface area contributed by atoms with E-state index in [2.05, 4.69) is 20.3 Å². The van der Waals surface area contributed by atoms with Gasteiger partial charge in [0.1, 0.15) is 28.6 Å². The van der Waals surface area contributed by atoms with Gasteiger partial charge >= 0.3 is 6.09 Å². The number of amides is 1. The number of fused-ring (bicyclic) bond motifs is 1. The predicted molar refractivity (Wildman–Crippen MR) is 111 cm³/mol. The maximum absolute atomic E-state index is 13.7. The van der Waals surface area contributed by atoms with Gasteiger partial charge in [-0.15, -0.1) is 0 Å². The molecule has 0 saturated carbocycles. The SMILES string of the molecule is CC(C)(C)OC(=O)N1CCC[C@@H](Nc2ccnc(-c3cnc4ccc(F)cn34)n2)C1. The van der Waals surface area contributed by atoms with Crippen molar-refractivity contribution in [3.63, 3.8) is 0 Å². The van der Waals surface area contributed by atoms with Crippen LogP contribution in [0.5, 0.6) is 0 Å². The summed E-state index contributed by atoms with van der Waals surface area (Å²) in [5.41, 5.74) is 0.702. The van der Waals surface area contributed by atoms with Gasteiger partial charge in [0.2, 0.25) is 0 Å². The predicted octanol–water partition coefficient (Wildman–Crippen LogP) is 3.74. The Labute approximate surface area is 174 Å². The van der Waals surface area contributed by atoms with E-state index < -0.39 is 5.60 Å². The summed E-state index contributed by atoms with van der Waals surface area (Å²) in [5.74, 6) is 0.723. The molecule has 1 atom stereocenters. The molecule has 0 spiro atoms. The van der Waals surface area contributed by atoms with Crippen LogP contribution in [0, 0.1) is 5.82 Å². The van der Waals surface area contributed by atoms with Crippen molar-refractivity contribution >= 4 is 17.6 Å². The largest absolute Gasteiger partial charge is 0.444 e. The number of nitrogens with zero attached hydrogens (tertiary/aromatic N) is 5. The Hall–Kier alpha value is -3.23. The second-order valence-corrected chi connectivity index (χ2v) is 8.39. The van der Waals surface area contributed by atoms with Crippen molar-refractivity contribution in [3.8, 4) is 11.5 Å². The average Bonchev–Trinajstić information content (AvgIpc) is 3.10. The monoisotopic (exact) mass is 412 g/mol. The van der Waals surface area contributed by atoms with Crippen LogP contribution in [0.25, 0.3) is 17.2 Å². The second-order valence-electron chi connectivity index (χ2n) is 8.39. The van der Waals surface area contributed by atoms with E-state index in [1.54, 1.807) is 33.8 Å². The lowest BCUT2D eigenvalue weighted by atomic mass is 10.1. The molecule has 4 heterocycles. The van der Waals surface area contributed by atoms with Crippen LogP contribution in [0.4, 0.5) is 15.0 Å². The number of aromatic nitrogens is 4. The number of imidazole rings is 1. The fraction of sp³-hybridized carbons (Fsp3) is 0.429. The standard InChI is InChI=1S/C21H25FN6O2/c1-21(2,3)30-20(29)27-10-4-5-15(13-27)25-17-8-9-23-19(26-17)16-11-24-18-7-6-14(22)12-28(16)18/h6-9,11-12,15H,4-5,10,13H2,1-3H3,(H,23,25,26)/t15-/m1/s1. The highest BCUT2D eigenvalue weighted by Gasteiger charge is 2.27. The second kappa shape index (κ2) is 7.89. The Kier molecular flexibility index (Phi) is 5.27. The van der Waals surface area contributed by atoms with E-state index in [0.29, 0.717) is 36.1 Å². The van der Waals surface area contributed by atoms with Crippen molar-refractivity contribution in [2.75, 3.05) is 18.4 Å². The maximum atomic E-state index is 13.7. The minimum absolute atomic E-state index is 0.0497. The quantitative estimate of drug-likeness (QED) is 0.705. The van der Waals surface area contributed by atoms with Gasteiger partial charge in [-0.1, -0.05) is 0 Å². The van der Waals surface area contributed by atoms with E-state index in [1.165, 1.54) is 12.3 Å². The number of pyridine rings is 1.